The number of quaternary nitrogens is 1. The van der Waals surface area contributed by atoms with Gasteiger partial charge < -0.3 is 12.4 Å². The second-order valence-electron chi connectivity index (χ2n) is 12.9. The van der Waals surface area contributed by atoms with Gasteiger partial charge in [-0.05, 0) is 17.7 Å². The highest BCUT2D eigenvalue weighted by Crippen LogP contribution is 2.16. The van der Waals surface area contributed by atoms with Gasteiger partial charge in [-0.1, -0.05) is 194 Å². The summed E-state index contributed by atoms with van der Waals surface area (Å²) in [5.74, 6) is 0. The van der Waals surface area contributed by atoms with Crippen molar-refractivity contribution in [3.63, 3.8) is 0 Å². The van der Waals surface area contributed by atoms with Crippen molar-refractivity contribution in [2.45, 2.75) is 219 Å². The zero-order chi connectivity index (χ0) is 28.5. The van der Waals surface area contributed by atoms with E-state index in [2.05, 4.69) is 13.8 Å². The SMILES string of the molecule is CCCCCCCCCCCCCCCCCC[N+](O)(O)CCCCCCCCCCCCCCCCCC.[Cl-]. The van der Waals surface area contributed by atoms with Crippen LogP contribution in [0.1, 0.15) is 219 Å². The summed E-state index contributed by atoms with van der Waals surface area (Å²) in [4.78, 5) is -0.753. The van der Waals surface area contributed by atoms with Crippen LogP contribution in [0.25, 0.3) is 0 Å². The summed E-state index contributed by atoms with van der Waals surface area (Å²) in [5.41, 5.74) is 0. The molecule has 0 atom stereocenters. The molecule has 0 bridgehead atoms. The molecule has 3 nitrogen and oxygen atoms in total. The average Bonchev–Trinajstić information content (AvgIpc) is 2.92. The zero-order valence-corrected chi connectivity index (χ0v) is 28.5. The topological polar surface area (TPSA) is 40.5 Å². The highest BCUT2D eigenvalue weighted by molar-refractivity contribution is 4.51. The van der Waals surface area contributed by atoms with E-state index in [4.69, 9.17) is 0 Å². The molecule has 0 aromatic heterocycles. The van der Waals surface area contributed by atoms with Gasteiger partial charge in [-0.15, -0.1) is 0 Å². The molecule has 0 aliphatic rings. The van der Waals surface area contributed by atoms with E-state index < -0.39 is 4.81 Å². The molecule has 0 fully saturated rings. The van der Waals surface area contributed by atoms with E-state index in [9.17, 15) is 10.4 Å². The van der Waals surface area contributed by atoms with Crippen molar-refractivity contribution in [2.75, 3.05) is 13.1 Å². The van der Waals surface area contributed by atoms with E-state index in [0.717, 1.165) is 25.7 Å². The molecule has 2 N–H and O–H groups in total. The first-order valence-corrected chi connectivity index (χ1v) is 18.4. The van der Waals surface area contributed by atoms with Crippen LogP contribution in [0, 0.1) is 0 Å². The first kappa shape index (κ1) is 42.3. The Labute approximate surface area is 259 Å². The van der Waals surface area contributed by atoms with Crippen molar-refractivity contribution in [3.05, 3.63) is 0 Å². The summed E-state index contributed by atoms with van der Waals surface area (Å²) in [6.07, 6.45) is 43.2. The largest absolute Gasteiger partial charge is 1.00 e. The van der Waals surface area contributed by atoms with Crippen LogP contribution in [0.15, 0.2) is 0 Å². The maximum atomic E-state index is 10.2. The van der Waals surface area contributed by atoms with Crippen molar-refractivity contribution in [1.29, 1.82) is 0 Å². The van der Waals surface area contributed by atoms with Crippen LogP contribution < -0.4 is 12.4 Å². The van der Waals surface area contributed by atoms with Gasteiger partial charge in [0, 0.05) is 12.8 Å². The number of rotatable bonds is 34. The molecule has 40 heavy (non-hydrogen) atoms. The number of hydroxylamine groups is 4. The van der Waals surface area contributed by atoms with Crippen molar-refractivity contribution >= 4 is 0 Å². The first-order valence-electron chi connectivity index (χ1n) is 18.4. The molecule has 244 valence electrons. The van der Waals surface area contributed by atoms with Gasteiger partial charge in [-0.3, -0.25) is 0 Å². The summed E-state index contributed by atoms with van der Waals surface area (Å²) in [7, 11) is 0. The highest BCUT2D eigenvalue weighted by atomic mass is 35.5. The summed E-state index contributed by atoms with van der Waals surface area (Å²) < 4.78 is 0. The molecule has 0 rings (SSSR count). The van der Waals surface area contributed by atoms with E-state index in [0.29, 0.717) is 13.1 Å². The molecule has 0 aromatic carbocycles. The van der Waals surface area contributed by atoms with E-state index in [1.807, 2.05) is 0 Å². The third-order valence-corrected chi connectivity index (χ3v) is 8.74. The lowest BCUT2D eigenvalue weighted by molar-refractivity contribution is -1.24. The molecule has 0 unspecified atom stereocenters. The second kappa shape index (κ2) is 35.4. The summed E-state index contributed by atoms with van der Waals surface area (Å²) >= 11 is 0. The minimum absolute atomic E-state index is 0. The van der Waals surface area contributed by atoms with Crippen LogP contribution in [0.3, 0.4) is 0 Å². The highest BCUT2D eigenvalue weighted by Gasteiger charge is 2.21. The van der Waals surface area contributed by atoms with Crippen molar-refractivity contribution in [1.82, 2.24) is 0 Å². The van der Waals surface area contributed by atoms with Crippen molar-refractivity contribution in [2.24, 2.45) is 0 Å². The normalized spacial score (nSPS) is 11.7. The van der Waals surface area contributed by atoms with Crippen LogP contribution in [0.2, 0.25) is 0 Å². The van der Waals surface area contributed by atoms with Crippen LogP contribution >= 0.6 is 0 Å². The summed E-state index contributed by atoms with van der Waals surface area (Å²) in [6.45, 7) is 5.57. The maximum absolute atomic E-state index is 10.2. The van der Waals surface area contributed by atoms with E-state index >= 15 is 0 Å². The Bertz CT molecular complexity index is 409. The number of hydrogen-bond acceptors (Lipinski definition) is 2. The molecule has 0 saturated heterocycles. The Kier molecular flexibility index (Phi) is 37.4. The van der Waals surface area contributed by atoms with E-state index in [-0.39, 0.29) is 12.4 Å². The van der Waals surface area contributed by atoms with Gasteiger partial charge in [0.05, 0.1) is 0 Å². The van der Waals surface area contributed by atoms with Gasteiger partial charge >= 0.3 is 0 Å². The predicted molar refractivity (Wildman–Crippen MR) is 173 cm³/mol. The lowest BCUT2D eigenvalue weighted by Gasteiger charge is -2.21. The Hall–Kier alpha value is 0.170. The molecule has 0 saturated carbocycles. The van der Waals surface area contributed by atoms with Crippen LogP contribution in [0.4, 0.5) is 0 Å². The third kappa shape index (κ3) is 36.2. The Balaban J connectivity index is 0. The molecule has 0 radical (unpaired) electrons. The molecule has 0 aliphatic carbocycles. The standard InChI is InChI=1S/C36H76NO2.ClH/c1-3-5-7-9-11-13-15-17-19-21-23-25-27-29-31-33-35-37(38,39)36-34-32-30-28-26-24-22-20-18-16-14-12-10-8-6-4-2;/h38-39H,3-36H2,1-2H3;1H/q+1;/p-1. The first-order chi connectivity index (χ1) is 19.1. The van der Waals surface area contributed by atoms with Crippen molar-refractivity contribution in [3.8, 4) is 0 Å². The number of nitrogens with zero attached hydrogens (tertiary/aromatic N) is 1. The fraction of sp³-hybridized carbons (Fsp3) is 1.00. The molecule has 0 heterocycles. The van der Waals surface area contributed by atoms with Gasteiger partial charge in [0.1, 0.15) is 13.1 Å². The monoisotopic (exact) mass is 590 g/mol. The van der Waals surface area contributed by atoms with Gasteiger partial charge in [-0.25, -0.2) is 0 Å². The molecule has 0 spiro atoms. The number of hydrogen-bond donors (Lipinski definition) is 2. The Morgan fingerprint density at radius 3 is 0.600 bits per heavy atom. The Morgan fingerprint density at radius 1 is 0.275 bits per heavy atom. The van der Waals surface area contributed by atoms with Gasteiger partial charge in [0.2, 0.25) is 0 Å². The van der Waals surface area contributed by atoms with Gasteiger partial charge in [0.15, 0.2) is 0 Å². The molecular weight excluding hydrogens is 514 g/mol. The molecular formula is C36H76ClNO2. The molecule has 0 aliphatic heterocycles. The minimum Gasteiger partial charge on any atom is -1.00 e. The van der Waals surface area contributed by atoms with Gasteiger partial charge in [0.25, 0.3) is 0 Å². The van der Waals surface area contributed by atoms with Crippen molar-refractivity contribution < 1.29 is 27.6 Å². The quantitative estimate of drug-likeness (QED) is 0.0445. The third-order valence-electron chi connectivity index (χ3n) is 8.74. The lowest BCUT2D eigenvalue weighted by atomic mass is 10.0. The average molecular weight is 590 g/mol. The van der Waals surface area contributed by atoms with Gasteiger partial charge in [-0.2, -0.15) is 10.4 Å². The zero-order valence-electron chi connectivity index (χ0n) is 27.8. The Morgan fingerprint density at radius 2 is 0.425 bits per heavy atom. The van der Waals surface area contributed by atoms with E-state index in [1.165, 1.54) is 180 Å². The smallest absolute Gasteiger partial charge is 0.142 e. The summed E-state index contributed by atoms with van der Waals surface area (Å²) in [6, 6.07) is 0. The van der Waals surface area contributed by atoms with Crippen LogP contribution in [-0.2, 0) is 0 Å². The molecule has 0 aromatic rings. The van der Waals surface area contributed by atoms with Crippen LogP contribution in [0.5, 0.6) is 0 Å². The fourth-order valence-corrected chi connectivity index (χ4v) is 5.94. The summed E-state index contributed by atoms with van der Waals surface area (Å²) in [5, 5.41) is 20.5. The molecule has 0 amide bonds. The minimum atomic E-state index is -0.753. The lowest BCUT2D eigenvalue weighted by Crippen LogP contribution is -3.00. The number of unbranched alkanes of at least 4 members (excludes halogenated alkanes) is 30. The molecule has 4 heteroatoms. The van der Waals surface area contributed by atoms with E-state index in [1.54, 1.807) is 0 Å². The number of halogens is 1. The van der Waals surface area contributed by atoms with Crippen LogP contribution in [-0.4, -0.2) is 28.3 Å². The predicted octanol–water partition coefficient (Wildman–Crippen LogP) is 10.1. The fourth-order valence-electron chi connectivity index (χ4n) is 5.94. The second-order valence-corrected chi connectivity index (χ2v) is 12.9. The maximum Gasteiger partial charge on any atom is 0.142 e.